The topological polar surface area (TPSA) is 206 Å². The third kappa shape index (κ3) is 14.5. The largest absolute Gasteiger partial charge is 0.386 e. The number of anilines is 4. The van der Waals surface area contributed by atoms with Crippen molar-refractivity contribution in [3.63, 3.8) is 0 Å². The van der Waals surface area contributed by atoms with E-state index in [1.807, 2.05) is 0 Å². The summed E-state index contributed by atoms with van der Waals surface area (Å²) in [7, 11) is 1.65. The van der Waals surface area contributed by atoms with Gasteiger partial charge in [-0.2, -0.15) is 10.2 Å². The molecule has 3 aromatic rings. The minimum Gasteiger partial charge on any atom is -0.386 e. The summed E-state index contributed by atoms with van der Waals surface area (Å²) in [4.78, 5) is 80.6. The standard InChI is InChI=1S/C41H56N10O6/c1-7-50(8-2)21-11-19-43-38(54)30-23-31(39(55)44-20-12-22-51(9-3)10-4)25-34(24-30)47-40(56)29-13-15-32(16-14-29)48-49-37(28(5)53)41(57)46-33-17-18-35(45-27-52)36(26-33)42-6/h13-18,23-27,37,42H,7-12,19-22H2,1-6H3,(H,43,54)(H,44,55)(H,45,52)(H,46,57)(H,47,56)/b49-48+. The number of amides is 5. The van der Waals surface area contributed by atoms with Crippen molar-refractivity contribution in [2.45, 2.75) is 53.5 Å². The van der Waals surface area contributed by atoms with Gasteiger partial charge in [-0.05, 0) is 120 Å². The van der Waals surface area contributed by atoms with Crippen LogP contribution in [0.25, 0.3) is 0 Å². The number of nitrogens with one attached hydrogen (secondary N) is 6. The molecule has 0 spiro atoms. The molecule has 16 heteroatoms. The molecule has 306 valence electrons. The van der Waals surface area contributed by atoms with Gasteiger partial charge in [-0.1, -0.05) is 27.7 Å². The summed E-state index contributed by atoms with van der Waals surface area (Å²) in [6.07, 6.45) is 2.05. The summed E-state index contributed by atoms with van der Waals surface area (Å²) in [5.74, 6) is -2.47. The Morgan fingerprint density at radius 3 is 1.72 bits per heavy atom. The summed E-state index contributed by atoms with van der Waals surface area (Å²) in [6, 6.07) is 13.9. The molecule has 0 aliphatic rings. The van der Waals surface area contributed by atoms with Crippen LogP contribution in [0.15, 0.2) is 70.9 Å². The minimum absolute atomic E-state index is 0.234. The predicted octanol–water partition coefficient (Wildman–Crippen LogP) is 5.15. The number of rotatable bonds is 24. The molecule has 0 fully saturated rings. The molecule has 5 amide bonds. The molecule has 0 saturated heterocycles. The number of azo groups is 1. The minimum atomic E-state index is -1.44. The zero-order valence-electron chi connectivity index (χ0n) is 33.7. The Kier molecular flexibility index (Phi) is 19.0. The summed E-state index contributed by atoms with van der Waals surface area (Å²) >= 11 is 0. The summed E-state index contributed by atoms with van der Waals surface area (Å²) in [5.41, 5.74) is 2.68. The Hall–Kier alpha value is -6.00. The normalized spacial score (nSPS) is 11.6. The monoisotopic (exact) mass is 784 g/mol. The highest BCUT2D eigenvalue weighted by molar-refractivity contribution is 6.10. The number of ketones is 1. The van der Waals surface area contributed by atoms with Gasteiger partial charge in [0.05, 0.1) is 17.1 Å². The Balaban J connectivity index is 1.73. The Morgan fingerprint density at radius 1 is 0.667 bits per heavy atom. The summed E-state index contributed by atoms with van der Waals surface area (Å²) < 4.78 is 0. The van der Waals surface area contributed by atoms with Gasteiger partial charge in [-0.25, -0.2) is 0 Å². The van der Waals surface area contributed by atoms with Crippen molar-refractivity contribution < 1.29 is 28.8 Å². The van der Waals surface area contributed by atoms with E-state index >= 15 is 0 Å². The summed E-state index contributed by atoms with van der Waals surface area (Å²) in [5, 5.41) is 24.8. The molecule has 6 N–H and O–H groups in total. The van der Waals surface area contributed by atoms with Crippen LogP contribution in [-0.2, 0) is 14.4 Å². The first-order valence-corrected chi connectivity index (χ1v) is 19.3. The molecular formula is C41H56N10O6. The van der Waals surface area contributed by atoms with Gasteiger partial charge in [0.2, 0.25) is 12.5 Å². The van der Waals surface area contributed by atoms with Crippen molar-refractivity contribution in [3.05, 3.63) is 77.4 Å². The number of nitrogens with zero attached hydrogens (tertiary/aromatic N) is 4. The first-order valence-electron chi connectivity index (χ1n) is 19.3. The zero-order valence-corrected chi connectivity index (χ0v) is 33.7. The smallest absolute Gasteiger partial charge is 0.258 e. The zero-order chi connectivity index (χ0) is 41.7. The average molecular weight is 785 g/mol. The number of hydrogen-bond acceptors (Lipinski definition) is 11. The maximum absolute atomic E-state index is 13.4. The lowest BCUT2D eigenvalue weighted by Gasteiger charge is -2.18. The van der Waals surface area contributed by atoms with Crippen molar-refractivity contribution in [2.24, 2.45) is 10.2 Å². The molecule has 0 aromatic heterocycles. The van der Waals surface area contributed by atoms with E-state index in [1.54, 1.807) is 25.2 Å². The molecule has 16 nitrogen and oxygen atoms in total. The molecule has 0 radical (unpaired) electrons. The summed E-state index contributed by atoms with van der Waals surface area (Å²) in [6.45, 7) is 15.8. The van der Waals surface area contributed by atoms with Gasteiger partial charge in [-0.15, -0.1) is 0 Å². The van der Waals surface area contributed by atoms with Gasteiger partial charge in [0, 0.05) is 48.2 Å². The van der Waals surface area contributed by atoms with Crippen molar-refractivity contribution >= 4 is 64.3 Å². The van der Waals surface area contributed by atoms with Crippen LogP contribution in [0.5, 0.6) is 0 Å². The van der Waals surface area contributed by atoms with Crippen molar-refractivity contribution in [1.82, 2.24) is 20.4 Å². The van der Waals surface area contributed by atoms with Crippen LogP contribution >= 0.6 is 0 Å². The van der Waals surface area contributed by atoms with E-state index in [4.69, 9.17) is 0 Å². The van der Waals surface area contributed by atoms with Crippen molar-refractivity contribution in [3.8, 4) is 0 Å². The van der Waals surface area contributed by atoms with Gasteiger partial charge in [0.1, 0.15) is 0 Å². The second-order valence-corrected chi connectivity index (χ2v) is 13.1. The highest BCUT2D eigenvalue weighted by atomic mass is 16.2. The van der Waals surface area contributed by atoms with Crippen LogP contribution in [0.3, 0.4) is 0 Å². The number of benzene rings is 3. The third-order valence-corrected chi connectivity index (χ3v) is 9.20. The molecule has 57 heavy (non-hydrogen) atoms. The highest BCUT2D eigenvalue weighted by Crippen LogP contribution is 2.25. The SMILES string of the molecule is CCN(CC)CCCNC(=O)c1cc(NC(=O)c2ccc(/N=N/C(C(C)=O)C(=O)Nc3ccc(NC=O)c(NC)c3)cc2)cc(C(=O)NCCCN(CC)CC)c1. The van der Waals surface area contributed by atoms with Gasteiger partial charge in [-0.3, -0.25) is 28.8 Å². The van der Waals surface area contributed by atoms with Crippen LogP contribution in [0.2, 0.25) is 0 Å². The van der Waals surface area contributed by atoms with Crippen LogP contribution in [-0.4, -0.2) is 111 Å². The van der Waals surface area contributed by atoms with E-state index in [1.165, 1.54) is 49.4 Å². The second-order valence-electron chi connectivity index (χ2n) is 13.1. The molecule has 3 aromatic carbocycles. The molecule has 1 atom stereocenters. The van der Waals surface area contributed by atoms with Crippen LogP contribution in [0, 0.1) is 0 Å². The van der Waals surface area contributed by atoms with Crippen LogP contribution < -0.4 is 31.9 Å². The molecule has 0 aliphatic carbocycles. The third-order valence-electron chi connectivity index (χ3n) is 9.20. The van der Waals surface area contributed by atoms with E-state index in [9.17, 15) is 28.8 Å². The Bertz CT molecular complexity index is 1810. The van der Waals surface area contributed by atoms with Gasteiger partial charge in [0.25, 0.3) is 23.6 Å². The maximum atomic E-state index is 13.4. The first-order chi connectivity index (χ1) is 27.5. The van der Waals surface area contributed by atoms with E-state index in [0.717, 1.165) is 52.1 Å². The number of Topliss-reactive ketones (excluding diaryl/α,β-unsaturated/α-hetero) is 1. The van der Waals surface area contributed by atoms with E-state index in [0.29, 0.717) is 36.6 Å². The van der Waals surface area contributed by atoms with E-state index in [2.05, 4.69) is 79.6 Å². The molecule has 3 rings (SSSR count). The Labute approximate surface area is 334 Å². The molecule has 0 bridgehead atoms. The van der Waals surface area contributed by atoms with E-state index in [-0.39, 0.29) is 39.9 Å². The number of carbonyl (C=O) groups is 6. The van der Waals surface area contributed by atoms with Gasteiger partial charge >= 0.3 is 0 Å². The predicted molar refractivity (Wildman–Crippen MR) is 224 cm³/mol. The fraction of sp³-hybridized carbons (Fsp3) is 0.415. The van der Waals surface area contributed by atoms with E-state index < -0.39 is 23.6 Å². The first kappa shape index (κ1) is 45.4. The van der Waals surface area contributed by atoms with Crippen molar-refractivity contribution in [2.75, 3.05) is 80.7 Å². The lowest BCUT2D eigenvalue weighted by atomic mass is 10.1. The fourth-order valence-corrected chi connectivity index (χ4v) is 5.81. The van der Waals surface area contributed by atoms with Gasteiger partial charge < -0.3 is 41.7 Å². The average Bonchev–Trinajstić information content (AvgIpc) is 3.21. The quantitative estimate of drug-likeness (QED) is 0.0307. The van der Waals surface area contributed by atoms with Crippen LogP contribution in [0.4, 0.5) is 28.4 Å². The molecule has 0 saturated carbocycles. The maximum Gasteiger partial charge on any atom is 0.258 e. The molecule has 0 heterocycles. The highest BCUT2D eigenvalue weighted by Gasteiger charge is 2.24. The Morgan fingerprint density at radius 2 is 1.23 bits per heavy atom. The van der Waals surface area contributed by atoms with Crippen molar-refractivity contribution in [1.29, 1.82) is 0 Å². The number of hydrogen-bond donors (Lipinski definition) is 6. The fourth-order valence-electron chi connectivity index (χ4n) is 5.81. The lowest BCUT2D eigenvalue weighted by molar-refractivity contribution is -0.126. The molecule has 1 unspecified atom stereocenters. The lowest BCUT2D eigenvalue weighted by Crippen LogP contribution is -2.31. The van der Waals surface area contributed by atoms with Gasteiger partial charge in [0.15, 0.2) is 5.78 Å². The molecule has 0 aliphatic heterocycles. The van der Waals surface area contributed by atoms with Crippen LogP contribution in [0.1, 0.15) is 78.5 Å². The number of carbonyl (C=O) groups excluding carboxylic acids is 6. The second kappa shape index (κ2) is 23.8. The molecular weight excluding hydrogens is 729 g/mol.